The van der Waals surface area contributed by atoms with Gasteiger partial charge in [0, 0.05) is 28.6 Å². The van der Waals surface area contributed by atoms with Gasteiger partial charge in [0.25, 0.3) is 5.91 Å². The van der Waals surface area contributed by atoms with E-state index in [1.807, 2.05) is 73.3 Å². The lowest BCUT2D eigenvalue weighted by atomic mass is 10.1. The minimum atomic E-state index is -0.0489. The van der Waals surface area contributed by atoms with Crippen LogP contribution in [0.2, 0.25) is 0 Å². The molecule has 0 aliphatic heterocycles. The standard InChI is InChI=1S/C18H17BrN2O/c1-12(13-7-9-14(19)10-8-13)20-18(22)16-11-21(2)17-6-4-3-5-15(16)17/h3-12H,1-2H3,(H,20,22)/t12-/m1/s1. The Bertz CT molecular complexity index is 821. The van der Waals surface area contributed by atoms with Crippen molar-refractivity contribution in [1.82, 2.24) is 9.88 Å². The number of fused-ring (bicyclic) bond motifs is 1. The molecule has 22 heavy (non-hydrogen) atoms. The number of aryl methyl sites for hydroxylation is 1. The van der Waals surface area contributed by atoms with E-state index in [0.29, 0.717) is 5.56 Å². The lowest BCUT2D eigenvalue weighted by Crippen LogP contribution is -2.26. The van der Waals surface area contributed by atoms with Crippen molar-refractivity contribution in [2.24, 2.45) is 7.05 Å². The van der Waals surface area contributed by atoms with Crippen LogP contribution in [0.3, 0.4) is 0 Å². The average Bonchev–Trinajstić information content (AvgIpc) is 2.86. The lowest BCUT2D eigenvalue weighted by Gasteiger charge is -2.14. The van der Waals surface area contributed by atoms with Crippen LogP contribution in [-0.2, 0) is 7.05 Å². The maximum absolute atomic E-state index is 12.6. The maximum atomic E-state index is 12.6. The zero-order chi connectivity index (χ0) is 15.7. The Balaban J connectivity index is 1.85. The minimum absolute atomic E-state index is 0.0421. The second kappa shape index (κ2) is 5.97. The van der Waals surface area contributed by atoms with Crippen LogP contribution in [0.15, 0.2) is 59.2 Å². The molecular weight excluding hydrogens is 340 g/mol. The summed E-state index contributed by atoms with van der Waals surface area (Å²) in [5.41, 5.74) is 2.85. The van der Waals surface area contributed by atoms with E-state index in [1.54, 1.807) is 0 Å². The third-order valence-corrected chi connectivity index (χ3v) is 4.39. The fourth-order valence-corrected chi connectivity index (χ4v) is 2.90. The fourth-order valence-electron chi connectivity index (χ4n) is 2.63. The molecule has 0 unspecified atom stereocenters. The number of benzene rings is 2. The second-order valence-electron chi connectivity index (χ2n) is 5.42. The number of rotatable bonds is 3. The predicted molar refractivity (Wildman–Crippen MR) is 92.9 cm³/mol. The van der Waals surface area contributed by atoms with Crippen molar-refractivity contribution in [3.63, 3.8) is 0 Å². The van der Waals surface area contributed by atoms with Gasteiger partial charge >= 0.3 is 0 Å². The van der Waals surface area contributed by atoms with E-state index in [4.69, 9.17) is 0 Å². The molecule has 1 amide bonds. The molecule has 4 heteroatoms. The van der Waals surface area contributed by atoms with Gasteiger partial charge in [-0.2, -0.15) is 0 Å². The number of carbonyl (C=O) groups excluding carboxylic acids is 1. The molecule has 1 aromatic heterocycles. The van der Waals surface area contributed by atoms with Crippen molar-refractivity contribution in [3.05, 3.63) is 70.3 Å². The van der Waals surface area contributed by atoms with Gasteiger partial charge in [0.1, 0.15) is 0 Å². The van der Waals surface area contributed by atoms with Gasteiger partial charge in [0.15, 0.2) is 0 Å². The summed E-state index contributed by atoms with van der Waals surface area (Å²) in [6.07, 6.45) is 1.88. The van der Waals surface area contributed by atoms with E-state index in [1.165, 1.54) is 0 Å². The summed E-state index contributed by atoms with van der Waals surface area (Å²) in [4.78, 5) is 12.6. The number of carbonyl (C=O) groups is 1. The number of aromatic nitrogens is 1. The van der Waals surface area contributed by atoms with Gasteiger partial charge in [-0.3, -0.25) is 4.79 Å². The lowest BCUT2D eigenvalue weighted by molar-refractivity contribution is 0.0941. The Morgan fingerprint density at radius 3 is 2.55 bits per heavy atom. The molecule has 0 saturated heterocycles. The first kappa shape index (κ1) is 14.9. The molecule has 0 aliphatic carbocycles. The second-order valence-corrected chi connectivity index (χ2v) is 6.33. The molecule has 112 valence electrons. The minimum Gasteiger partial charge on any atom is -0.350 e. The first-order valence-electron chi connectivity index (χ1n) is 7.16. The Kier molecular flexibility index (Phi) is 4.03. The number of amides is 1. The molecule has 1 atom stereocenters. The van der Waals surface area contributed by atoms with Gasteiger partial charge in [-0.15, -0.1) is 0 Å². The van der Waals surface area contributed by atoms with Crippen LogP contribution in [0.25, 0.3) is 10.9 Å². The van der Waals surface area contributed by atoms with Gasteiger partial charge in [0.05, 0.1) is 11.6 Å². The Labute approximate surface area is 138 Å². The zero-order valence-electron chi connectivity index (χ0n) is 12.5. The van der Waals surface area contributed by atoms with Gasteiger partial charge in [-0.05, 0) is 30.7 Å². The summed E-state index contributed by atoms with van der Waals surface area (Å²) in [7, 11) is 1.96. The highest BCUT2D eigenvalue weighted by molar-refractivity contribution is 9.10. The third-order valence-electron chi connectivity index (χ3n) is 3.86. The van der Waals surface area contributed by atoms with Crippen LogP contribution in [0.4, 0.5) is 0 Å². The Morgan fingerprint density at radius 1 is 1.14 bits per heavy atom. The maximum Gasteiger partial charge on any atom is 0.253 e. The topological polar surface area (TPSA) is 34.0 Å². The van der Waals surface area contributed by atoms with E-state index < -0.39 is 0 Å². The van der Waals surface area contributed by atoms with Gasteiger partial charge in [0.2, 0.25) is 0 Å². The molecule has 3 rings (SSSR count). The van der Waals surface area contributed by atoms with Crippen LogP contribution in [-0.4, -0.2) is 10.5 Å². The number of hydrogen-bond donors (Lipinski definition) is 1. The van der Waals surface area contributed by atoms with Gasteiger partial charge in [-0.1, -0.05) is 46.3 Å². The van der Waals surface area contributed by atoms with Crippen molar-refractivity contribution in [2.75, 3.05) is 0 Å². The molecule has 2 aromatic carbocycles. The van der Waals surface area contributed by atoms with E-state index in [0.717, 1.165) is 20.9 Å². The van der Waals surface area contributed by atoms with Gasteiger partial charge < -0.3 is 9.88 Å². The van der Waals surface area contributed by atoms with Crippen molar-refractivity contribution in [1.29, 1.82) is 0 Å². The summed E-state index contributed by atoms with van der Waals surface area (Å²) < 4.78 is 3.01. The number of hydrogen-bond acceptors (Lipinski definition) is 1. The molecular formula is C18H17BrN2O. The van der Waals surface area contributed by atoms with Crippen LogP contribution < -0.4 is 5.32 Å². The summed E-state index contributed by atoms with van der Waals surface area (Å²) in [5, 5.41) is 4.05. The quantitative estimate of drug-likeness (QED) is 0.739. The molecule has 0 bridgehead atoms. The molecule has 0 radical (unpaired) electrons. The number of nitrogens with one attached hydrogen (secondary N) is 1. The zero-order valence-corrected chi connectivity index (χ0v) is 14.1. The molecule has 0 fully saturated rings. The van der Waals surface area contributed by atoms with Crippen molar-refractivity contribution < 1.29 is 4.79 Å². The highest BCUT2D eigenvalue weighted by Gasteiger charge is 2.16. The van der Waals surface area contributed by atoms with Crippen molar-refractivity contribution >= 4 is 32.7 Å². The highest BCUT2D eigenvalue weighted by Crippen LogP contribution is 2.22. The van der Waals surface area contributed by atoms with E-state index in [2.05, 4.69) is 21.2 Å². The van der Waals surface area contributed by atoms with Crippen molar-refractivity contribution in [3.8, 4) is 0 Å². The normalized spacial score (nSPS) is 12.3. The molecule has 0 aliphatic rings. The Hall–Kier alpha value is -2.07. The number of nitrogens with zero attached hydrogens (tertiary/aromatic N) is 1. The van der Waals surface area contributed by atoms with E-state index in [-0.39, 0.29) is 11.9 Å². The summed E-state index contributed by atoms with van der Waals surface area (Å²) in [6.45, 7) is 1.99. The highest BCUT2D eigenvalue weighted by atomic mass is 79.9. The average molecular weight is 357 g/mol. The molecule has 1 N–H and O–H groups in total. The first-order valence-corrected chi connectivity index (χ1v) is 7.96. The molecule has 3 aromatic rings. The molecule has 0 spiro atoms. The fraction of sp³-hybridized carbons (Fsp3) is 0.167. The van der Waals surface area contributed by atoms with Crippen LogP contribution >= 0.6 is 15.9 Å². The first-order chi connectivity index (χ1) is 10.6. The van der Waals surface area contributed by atoms with E-state index in [9.17, 15) is 4.79 Å². The van der Waals surface area contributed by atoms with Crippen LogP contribution in [0, 0.1) is 0 Å². The molecule has 1 heterocycles. The summed E-state index contributed by atoms with van der Waals surface area (Å²) >= 11 is 3.42. The predicted octanol–water partition coefficient (Wildman–Crippen LogP) is 4.43. The van der Waals surface area contributed by atoms with Gasteiger partial charge in [-0.25, -0.2) is 0 Å². The number of halogens is 1. The van der Waals surface area contributed by atoms with Crippen LogP contribution in [0.5, 0.6) is 0 Å². The van der Waals surface area contributed by atoms with Crippen molar-refractivity contribution in [2.45, 2.75) is 13.0 Å². The Morgan fingerprint density at radius 2 is 1.82 bits per heavy atom. The third kappa shape index (κ3) is 2.79. The van der Waals surface area contributed by atoms with E-state index >= 15 is 0 Å². The summed E-state index contributed by atoms with van der Waals surface area (Å²) in [5.74, 6) is -0.0489. The summed E-state index contributed by atoms with van der Waals surface area (Å²) in [6, 6.07) is 15.9. The molecule has 0 saturated carbocycles. The van der Waals surface area contributed by atoms with Crippen LogP contribution in [0.1, 0.15) is 28.9 Å². The molecule has 3 nitrogen and oxygen atoms in total. The largest absolute Gasteiger partial charge is 0.350 e. The monoisotopic (exact) mass is 356 g/mol. The SMILES string of the molecule is C[C@@H](NC(=O)c1cn(C)c2ccccc12)c1ccc(Br)cc1. The number of para-hydroxylation sites is 1. The smallest absolute Gasteiger partial charge is 0.253 e.